The highest BCUT2D eigenvalue weighted by Crippen LogP contribution is 2.34. The van der Waals surface area contributed by atoms with Crippen molar-refractivity contribution in [2.75, 3.05) is 19.7 Å². The number of aliphatic imine (C=N–C) groups is 1. The van der Waals surface area contributed by atoms with Gasteiger partial charge in [-0.3, -0.25) is 4.99 Å². The van der Waals surface area contributed by atoms with Gasteiger partial charge in [0.25, 0.3) is 0 Å². The lowest BCUT2D eigenvalue weighted by molar-refractivity contribution is -0.137. The highest BCUT2D eigenvalue weighted by atomic mass is 19.4. The number of aliphatic hydroxyl groups is 1. The zero-order valence-electron chi connectivity index (χ0n) is 15.7. The molecule has 2 fully saturated rings. The third kappa shape index (κ3) is 5.51. The third-order valence-corrected chi connectivity index (χ3v) is 4.84. The van der Waals surface area contributed by atoms with Crippen LogP contribution in [0.2, 0.25) is 0 Å². The summed E-state index contributed by atoms with van der Waals surface area (Å²) in [7, 11) is 0. The van der Waals surface area contributed by atoms with E-state index in [4.69, 9.17) is 9.47 Å². The van der Waals surface area contributed by atoms with E-state index in [0.29, 0.717) is 18.6 Å². The molecule has 2 saturated heterocycles. The van der Waals surface area contributed by atoms with Gasteiger partial charge in [-0.25, -0.2) is 0 Å². The number of halogens is 3. The first-order valence-corrected chi connectivity index (χ1v) is 9.53. The van der Waals surface area contributed by atoms with Crippen LogP contribution in [0.1, 0.15) is 31.7 Å². The molecule has 0 spiro atoms. The van der Waals surface area contributed by atoms with E-state index in [1.54, 1.807) is 0 Å². The van der Waals surface area contributed by atoms with Gasteiger partial charge < -0.3 is 25.2 Å². The number of aliphatic hydroxyl groups excluding tert-OH is 1. The zero-order chi connectivity index (χ0) is 20.1. The number of nitrogens with zero attached hydrogens (tertiary/aromatic N) is 1. The lowest BCUT2D eigenvalue weighted by Crippen LogP contribution is -2.47. The maximum Gasteiger partial charge on any atom is 0.416 e. The topological polar surface area (TPSA) is 75.1 Å². The van der Waals surface area contributed by atoms with Crippen LogP contribution in [0.25, 0.3) is 0 Å². The van der Waals surface area contributed by atoms with Crippen LogP contribution >= 0.6 is 0 Å². The van der Waals surface area contributed by atoms with E-state index in [-0.39, 0.29) is 31.0 Å². The third-order valence-electron chi connectivity index (χ3n) is 4.84. The van der Waals surface area contributed by atoms with E-state index in [0.717, 1.165) is 31.4 Å². The monoisotopic (exact) mass is 401 g/mol. The fourth-order valence-electron chi connectivity index (χ4n) is 3.49. The Morgan fingerprint density at radius 1 is 1.39 bits per heavy atom. The Kier molecular flexibility index (Phi) is 6.66. The number of nitrogens with one attached hydrogen (secondary N) is 2. The number of rotatable bonds is 7. The molecule has 3 rings (SSSR count). The van der Waals surface area contributed by atoms with Gasteiger partial charge in [-0.2, -0.15) is 13.2 Å². The number of hydrogen-bond donors (Lipinski definition) is 3. The SMILES string of the molecule is CCNC(=NCC(O)COc1cccc(C(F)(F)F)c1)NC1CC2CCC1O2. The quantitative estimate of drug-likeness (QED) is 0.483. The van der Waals surface area contributed by atoms with Crippen molar-refractivity contribution >= 4 is 5.96 Å². The molecular weight excluding hydrogens is 375 g/mol. The summed E-state index contributed by atoms with van der Waals surface area (Å²) >= 11 is 0. The molecule has 0 aliphatic carbocycles. The van der Waals surface area contributed by atoms with Crippen LogP contribution in [0.15, 0.2) is 29.3 Å². The van der Waals surface area contributed by atoms with Gasteiger partial charge in [-0.1, -0.05) is 6.07 Å². The van der Waals surface area contributed by atoms with Crippen molar-refractivity contribution < 1.29 is 27.8 Å². The summed E-state index contributed by atoms with van der Waals surface area (Å²) < 4.78 is 49.3. The molecule has 1 aromatic rings. The van der Waals surface area contributed by atoms with Gasteiger partial charge in [0.15, 0.2) is 5.96 Å². The van der Waals surface area contributed by atoms with Crippen molar-refractivity contribution in [2.24, 2.45) is 4.99 Å². The molecule has 1 aromatic carbocycles. The minimum atomic E-state index is -4.43. The average molecular weight is 401 g/mol. The molecule has 0 saturated carbocycles. The number of benzene rings is 1. The Labute approximate surface area is 162 Å². The van der Waals surface area contributed by atoms with E-state index in [1.165, 1.54) is 12.1 Å². The van der Waals surface area contributed by atoms with Gasteiger partial charge in [0, 0.05) is 6.54 Å². The molecule has 0 radical (unpaired) electrons. The smallest absolute Gasteiger partial charge is 0.416 e. The van der Waals surface area contributed by atoms with Crippen LogP contribution in [0.3, 0.4) is 0 Å². The number of guanidine groups is 1. The molecule has 0 aromatic heterocycles. The Morgan fingerprint density at radius 3 is 2.86 bits per heavy atom. The van der Waals surface area contributed by atoms with Gasteiger partial charge >= 0.3 is 6.18 Å². The highest BCUT2D eigenvalue weighted by molar-refractivity contribution is 5.80. The fourth-order valence-corrected chi connectivity index (χ4v) is 3.49. The molecule has 2 heterocycles. The molecule has 2 aliphatic rings. The van der Waals surface area contributed by atoms with Gasteiger partial charge in [-0.05, 0) is 44.4 Å². The Bertz CT molecular complexity index is 684. The summed E-state index contributed by atoms with van der Waals surface area (Å²) in [6, 6.07) is 4.78. The maximum atomic E-state index is 12.7. The molecule has 2 bridgehead atoms. The largest absolute Gasteiger partial charge is 0.491 e. The molecular formula is C19H26F3N3O3. The minimum Gasteiger partial charge on any atom is -0.491 e. The first-order valence-electron chi connectivity index (χ1n) is 9.53. The molecule has 6 nitrogen and oxygen atoms in total. The predicted octanol–water partition coefficient (Wildman–Crippen LogP) is 2.32. The van der Waals surface area contributed by atoms with Crippen LogP contribution in [-0.2, 0) is 10.9 Å². The van der Waals surface area contributed by atoms with E-state index in [1.807, 2.05) is 6.92 Å². The average Bonchev–Trinajstić information content (AvgIpc) is 3.27. The summed E-state index contributed by atoms with van der Waals surface area (Å²) in [4.78, 5) is 4.36. The standard InChI is InChI=1S/C19H26F3N3O3/c1-2-23-18(25-16-9-15-6-7-17(16)28-15)24-10-13(26)11-27-14-5-3-4-12(8-14)19(20,21)22/h3-5,8,13,15-17,26H,2,6-7,9-11H2,1H3,(H2,23,24,25). The molecule has 28 heavy (non-hydrogen) atoms. The lowest BCUT2D eigenvalue weighted by atomic mass is 9.96. The highest BCUT2D eigenvalue weighted by Gasteiger charge is 2.41. The molecule has 4 atom stereocenters. The van der Waals surface area contributed by atoms with Crippen LogP contribution in [0, 0.1) is 0 Å². The van der Waals surface area contributed by atoms with Crippen LogP contribution < -0.4 is 15.4 Å². The first kappa shape index (κ1) is 20.7. The van der Waals surface area contributed by atoms with E-state index in [2.05, 4.69) is 15.6 Å². The summed E-state index contributed by atoms with van der Waals surface area (Å²) in [6.07, 6.45) is -1.78. The predicted molar refractivity (Wildman–Crippen MR) is 98.4 cm³/mol. The number of fused-ring (bicyclic) bond motifs is 2. The molecule has 4 unspecified atom stereocenters. The Balaban J connectivity index is 1.49. The van der Waals surface area contributed by atoms with E-state index < -0.39 is 17.8 Å². The van der Waals surface area contributed by atoms with Crippen LogP contribution in [0.5, 0.6) is 5.75 Å². The molecule has 0 amide bonds. The van der Waals surface area contributed by atoms with Crippen molar-refractivity contribution in [3.8, 4) is 5.75 Å². The summed E-state index contributed by atoms with van der Waals surface area (Å²) in [5.74, 6) is 0.642. The number of ether oxygens (including phenoxy) is 2. The van der Waals surface area contributed by atoms with Crippen LogP contribution in [-0.4, -0.2) is 55.1 Å². The van der Waals surface area contributed by atoms with Crippen molar-refractivity contribution in [1.82, 2.24) is 10.6 Å². The van der Waals surface area contributed by atoms with Crippen molar-refractivity contribution in [3.63, 3.8) is 0 Å². The minimum absolute atomic E-state index is 0.0574. The van der Waals surface area contributed by atoms with Crippen molar-refractivity contribution in [1.29, 1.82) is 0 Å². The summed E-state index contributed by atoms with van der Waals surface area (Å²) in [6.45, 7) is 2.53. The molecule has 9 heteroatoms. The normalized spacial score (nSPS) is 25.6. The van der Waals surface area contributed by atoms with E-state index >= 15 is 0 Å². The zero-order valence-corrected chi connectivity index (χ0v) is 15.7. The summed E-state index contributed by atoms with van der Waals surface area (Å²) in [5, 5.41) is 16.6. The maximum absolute atomic E-state index is 12.7. The Morgan fingerprint density at radius 2 is 2.21 bits per heavy atom. The van der Waals surface area contributed by atoms with Crippen molar-refractivity contribution in [2.45, 2.75) is 56.7 Å². The Hall–Kier alpha value is -2.00. The second-order valence-corrected chi connectivity index (χ2v) is 7.07. The second-order valence-electron chi connectivity index (χ2n) is 7.07. The van der Waals surface area contributed by atoms with Gasteiger partial charge in [0.1, 0.15) is 18.5 Å². The summed E-state index contributed by atoms with van der Waals surface area (Å²) in [5.41, 5.74) is -0.788. The second kappa shape index (κ2) is 9.00. The fraction of sp³-hybridized carbons (Fsp3) is 0.632. The molecule has 2 aliphatic heterocycles. The van der Waals surface area contributed by atoms with E-state index in [9.17, 15) is 18.3 Å². The van der Waals surface area contributed by atoms with Crippen molar-refractivity contribution in [3.05, 3.63) is 29.8 Å². The number of hydrogen-bond acceptors (Lipinski definition) is 4. The van der Waals surface area contributed by atoms with Gasteiger partial charge in [-0.15, -0.1) is 0 Å². The lowest BCUT2D eigenvalue weighted by Gasteiger charge is -2.23. The molecule has 156 valence electrons. The number of alkyl halides is 3. The molecule has 3 N–H and O–H groups in total. The first-order chi connectivity index (χ1) is 13.3. The van der Waals surface area contributed by atoms with Crippen LogP contribution in [0.4, 0.5) is 13.2 Å². The van der Waals surface area contributed by atoms with Gasteiger partial charge in [0.05, 0.1) is 30.4 Å². The van der Waals surface area contributed by atoms with Gasteiger partial charge in [0.2, 0.25) is 0 Å².